The third kappa shape index (κ3) is 13.8. The lowest BCUT2D eigenvalue weighted by atomic mass is 9.96. The maximum Gasteiger partial charge on any atom is 0.316 e. The van der Waals surface area contributed by atoms with Crippen LogP contribution in [0.4, 0.5) is 0 Å². The minimum absolute atomic E-state index is 0.0548. The molecule has 0 aliphatic heterocycles. The predicted molar refractivity (Wildman–Crippen MR) is 124 cm³/mol. The van der Waals surface area contributed by atoms with Crippen molar-refractivity contribution in [1.82, 2.24) is 0 Å². The maximum absolute atomic E-state index is 11.9. The van der Waals surface area contributed by atoms with Crippen LogP contribution < -0.4 is 0 Å². The molecule has 29 heavy (non-hydrogen) atoms. The Morgan fingerprint density at radius 3 is 1.62 bits per heavy atom. The topological polar surface area (TPSA) is 43.4 Å². The maximum atomic E-state index is 11.9. The van der Waals surface area contributed by atoms with Crippen molar-refractivity contribution in [1.29, 1.82) is 0 Å². The van der Waals surface area contributed by atoms with E-state index in [2.05, 4.69) is 52.8 Å². The summed E-state index contributed by atoms with van der Waals surface area (Å²) in [5, 5.41) is 0. The first-order valence-electron chi connectivity index (χ1n) is 10.9. The van der Waals surface area contributed by atoms with Crippen LogP contribution in [-0.2, 0) is 14.3 Å². The van der Waals surface area contributed by atoms with E-state index in [1.165, 1.54) is 29.4 Å². The Bertz CT molecular complexity index is 612. The molecule has 0 rings (SSSR count). The Labute approximate surface area is 179 Å². The molecule has 164 valence electrons. The first-order valence-corrected chi connectivity index (χ1v) is 10.9. The molecule has 0 spiro atoms. The molecule has 1 unspecified atom stereocenters. The van der Waals surface area contributed by atoms with Crippen LogP contribution in [-0.4, -0.2) is 18.9 Å². The van der Waals surface area contributed by atoms with Gasteiger partial charge in [0.15, 0.2) is 0 Å². The number of hydrogen-bond donors (Lipinski definition) is 0. The van der Waals surface area contributed by atoms with Crippen molar-refractivity contribution >= 4 is 11.8 Å². The lowest BCUT2D eigenvalue weighted by Gasteiger charge is -2.11. The molecule has 0 bridgehead atoms. The highest BCUT2D eigenvalue weighted by Crippen LogP contribution is 2.16. The Hall–Kier alpha value is -1.90. The van der Waals surface area contributed by atoms with E-state index >= 15 is 0 Å². The number of hydrogen-bond acceptors (Lipinski definition) is 3. The van der Waals surface area contributed by atoms with Gasteiger partial charge in [0.2, 0.25) is 0 Å². The number of rotatable bonds is 14. The zero-order valence-electron chi connectivity index (χ0n) is 19.8. The van der Waals surface area contributed by atoms with Crippen LogP contribution >= 0.6 is 0 Å². The van der Waals surface area contributed by atoms with Gasteiger partial charge in [0, 0.05) is 6.42 Å². The fraction of sp³-hybridized carbons (Fsp3) is 0.615. The standard InChI is InChI=1S/C26H42O3/c1-8-25(27)24(26(28)29-7)19-18-23(6)17-11-16-22(5)15-10-14-21(4)13-9-12-20(2)3/h12,14,16,18,24H,8-11,13,15,17,19H2,1-7H3/b21-14+,22-16+,23-18+. The van der Waals surface area contributed by atoms with Crippen molar-refractivity contribution in [2.75, 3.05) is 7.11 Å². The van der Waals surface area contributed by atoms with Crippen LogP contribution in [0.1, 0.15) is 92.9 Å². The first-order chi connectivity index (χ1) is 13.7. The molecular weight excluding hydrogens is 360 g/mol. The van der Waals surface area contributed by atoms with Gasteiger partial charge in [0.1, 0.15) is 11.7 Å². The average molecular weight is 403 g/mol. The predicted octanol–water partition coefficient (Wildman–Crippen LogP) is 7.29. The van der Waals surface area contributed by atoms with Gasteiger partial charge in [-0.15, -0.1) is 0 Å². The molecule has 0 aromatic carbocycles. The van der Waals surface area contributed by atoms with Gasteiger partial charge in [0.25, 0.3) is 0 Å². The van der Waals surface area contributed by atoms with E-state index < -0.39 is 11.9 Å². The van der Waals surface area contributed by atoms with E-state index in [-0.39, 0.29) is 5.78 Å². The lowest BCUT2D eigenvalue weighted by Crippen LogP contribution is -2.24. The Morgan fingerprint density at radius 2 is 1.21 bits per heavy atom. The molecule has 0 aliphatic rings. The molecular formula is C26H42O3. The molecule has 0 aromatic heterocycles. The highest BCUT2D eigenvalue weighted by molar-refractivity contribution is 5.98. The molecule has 0 N–H and O–H groups in total. The third-order valence-corrected chi connectivity index (χ3v) is 5.08. The fourth-order valence-electron chi connectivity index (χ4n) is 3.05. The smallest absolute Gasteiger partial charge is 0.316 e. The van der Waals surface area contributed by atoms with Crippen LogP contribution in [0.2, 0.25) is 0 Å². The van der Waals surface area contributed by atoms with Crippen molar-refractivity contribution < 1.29 is 14.3 Å². The summed E-state index contributed by atoms with van der Waals surface area (Å²) in [7, 11) is 1.34. The number of carbonyl (C=O) groups excluding carboxylic acids is 2. The van der Waals surface area contributed by atoms with E-state index in [1.54, 1.807) is 6.92 Å². The zero-order chi connectivity index (χ0) is 22.2. The number of Topliss-reactive ketones (excluding diaryl/α,β-unsaturated/α-hetero) is 1. The summed E-state index contributed by atoms with van der Waals surface area (Å²) in [6.07, 6.45) is 16.2. The second kappa shape index (κ2) is 16.0. The first kappa shape index (κ1) is 27.1. The normalized spacial score (nSPS) is 13.8. The average Bonchev–Trinajstić information content (AvgIpc) is 2.67. The number of methoxy groups -OCH3 is 1. The van der Waals surface area contributed by atoms with Crippen molar-refractivity contribution in [2.24, 2.45) is 5.92 Å². The van der Waals surface area contributed by atoms with E-state index in [0.29, 0.717) is 12.8 Å². The van der Waals surface area contributed by atoms with Gasteiger partial charge in [-0.3, -0.25) is 9.59 Å². The Balaban J connectivity index is 4.37. The second-order valence-corrected chi connectivity index (χ2v) is 8.18. The molecule has 0 aromatic rings. The third-order valence-electron chi connectivity index (χ3n) is 5.08. The molecule has 0 aliphatic carbocycles. The van der Waals surface area contributed by atoms with Crippen LogP contribution in [0, 0.1) is 5.92 Å². The molecule has 0 saturated heterocycles. The van der Waals surface area contributed by atoms with E-state index in [9.17, 15) is 9.59 Å². The van der Waals surface area contributed by atoms with Crippen molar-refractivity contribution in [3.63, 3.8) is 0 Å². The molecule has 3 nitrogen and oxygen atoms in total. The highest BCUT2D eigenvalue weighted by Gasteiger charge is 2.24. The molecule has 0 heterocycles. The minimum Gasteiger partial charge on any atom is -0.468 e. The van der Waals surface area contributed by atoms with E-state index in [0.717, 1.165) is 38.5 Å². The summed E-state index contributed by atoms with van der Waals surface area (Å²) in [4.78, 5) is 23.7. The number of carbonyl (C=O) groups is 2. The van der Waals surface area contributed by atoms with Crippen molar-refractivity contribution in [3.05, 3.63) is 46.6 Å². The van der Waals surface area contributed by atoms with Gasteiger partial charge in [0.05, 0.1) is 7.11 Å². The zero-order valence-corrected chi connectivity index (χ0v) is 19.8. The van der Waals surface area contributed by atoms with Gasteiger partial charge in [-0.1, -0.05) is 53.5 Å². The summed E-state index contributed by atoms with van der Waals surface area (Å²) in [5.74, 6) is -1.15. The number of esters is 1. The van der Waals surface area contributed by atoms with Crippen LogP contribution in [0.15, 0.2) is 46.6 Å². The van der Waals surface area contributed by atoms with E-state index in [1.807, 2.05) is 6.08 Å². The molecule has 3 heteroatoms. The molecule has 0 amide bonds. The number of ketones is 1. The fourth-order valence-corrected chi connectivity index (χ4v) is 3.05. The van der Waals surface area contributed by atoms with Crippen LogP contribution in [0.3, 0.4) is 0 Å². The van der Waals surface area contributed by atoms with Gasteiger partial charge in [-0.2, -0.15) is 0 Å². The summed E-state index contributed by atoms with van der Waals surface area (Å²) in [5.41, 5.74) is 5.48. The minimum atomic E-state index is -0.663. The van der Waals surface area contributed by atoms with E-state index in [4.69, 9.17) is 4.74 Å². The summed E-state index contributed by atoms with van der Waals surface area (Å²) >= 11 is 0. The molecule has 0 fully saturated rings. The highest BCUT2D eigenvalue weighted by atomic mass is 16.5. The largest absolute Gasteiger partial charge is 0.468 e. The van der Waals surface area contributed by atoms with Gasteiger partial charge in [-0.05, 0) is 79.6 Å². The molecule has 0 radical (unpaired) electrons. The van der Waals surface area contributed by atoms with Crippen molar-refractivity contribution in [3.8, 4) is 0 Å². The summed E-state index contributed by atoms with van der Waals surface area (Å²) in [6.45, 7) is 12.5. The summed E-state index contributed by atoms with van der Waals surface area (Å²) in [6, 6.07) is 0. The lowest BCUT2D eigenvalue weighted by molar-refractivity contribution is -0.149. The second-order valence-electron chi connectivity index (χ2n) is 8.18. The van der Waals surface area contributed by atoms with Gasteiger partial charge < -0.3 is 4.74 Å². The molecule has 0 saturated carbocycles. The molecule has 1 atom stereocenters. The Morgan fingerprint density at radius 1 is 0.759 bits per heavy atom. The van der Waals surface area contributed by atoms with Crippen LogP contribution in [0.25, 0.3) is 0 Å². The monoisotopic (exact) mass is 402 g/mol. The van der Waals surface area contributed by atoms with Gasteiger partial charge in [-0.25, -0.2) is 0 Å². The number of allylic oxidation sites excluding steroid dienone is 8. The quantitative estimate of drug-likeness (QED) is 0.174. The SMILES string of the molecule is CCC(=O)C(C/C=C(\C)CC/C=C(\C)CC/C=C(\C)CCC=C(C)C)C(=O)OC. The summed E-state index contributed by atoms with van der Waals surface area (Å²) < 4.78 is 4.76. The number of ether oxygens (including phenoxy) is 1. The van der Waals surface area contributed by atoms with Crippen molar-refractivity contribution in [2.45, 2.75) is 92.9 Å². The Kier molecular flexibility index (Phi) is 14.9. The van der Waals surface area contributed by atoms with Crippen LogP contribution in [0.5, 0.6) is 0 Å². The van der Waals surface area contributed by atoms with Gasteiger partial charge >= 0.3 is 5.97 Å².